The van der Waals surface area contributed by atoms with Gasteiger partial charge in [0.05, 0.1) is 12.8 Å². The number of thioether (sulfide) groups is 1. The van der Waals surface area contributed by atoms with E-state index in [-0.39, 0.29) is 0 Å². The minimum absolute atomic E-state index is 0.517. The molecule has 0 amide bonds. The fraction of sp³-hybridized carbons (Fsp3) is 0.167. The normalized spacial score (nSPS) is 11.4. The lowest BCUT2D eigenvalue weighted by Crippen LogP contribution is -2.00. The molecule has 0 atom stereocenters. The molecular formula is C18H19N5OS. The number of nitrogens with zero attached hydrogens (tertiary/aromatic N) is 3. The molecule has 2 aromatic carbocycles. The highest BCUT2D eigenvalue weighted by molar-refractivity contribution is 7.98. The smallest absolute Gasteiger partial charge is 0.240 e. The highest BCUT2D eigenvalue weighted by Gasteiger charge is 2.04. The fourth-order valence-electron chi connectivity index (χ4n) is 2.12. The average Bonchev–Trinajstić information content (AvgIpc) is 3.13. The third-order valence-electron chi connectivity index (χ3n) is 3.51. The van der Waals surface area contributed by atoms with Gasteiger partial charge in [-0.25, -0.2) is 10.5 Å². The van der Waals surface area contributed by atoms with Crippen molar-refractivity contribution in [2.75, 3.05) is 12.5 Å². The quantitative estimate of drug-likeness (QED) is 0.382. The van der Waals surface area contributed by atoms with Crippen molar-refractivity contribution in [3.05, 3.63) is 65.7 Å². The first kappa shape index (κ1) is 17.0. The molecule has 0 saturated carbocycles. The Morgan fingerprint density at radius 2 is 1.92 bits per heavy atom. The molecule has 0 unspecified atom stereocenters. The predicted octanol–water partition coefficient (Wildman–Crippen LogP) is 3.94. The number of methoxy groups -OCH3 is 1. The van der Waals surface area contributed by atoms with Gasteiger partial charge in [-0.1, -0.05) is 42.1 Å². The van der Waals surface area contributed by atoms with Gasteiger partial charge < -0.3 is 4.74 Å². The Morgan fingerprint density at radius 3 is 2.64 bits per heavy atom. The van der Waals surface area contributed by atoms with Crippen molar-refractivity contribution in [1.82, 2.24) is 15.2 Å². The van der Waals surface area contributed by atoms with Gasteiger partial charge in [-0.3, -0.25) is 0 Å². The molecule has 128 valence electrons. The van der Waals surface area contributed by atoms with Crippen LogP contribution in [0.3, 0.4) is 0 Å². The lowest BCUT2D eigenvalue weighted by molar-refractivity contribution is 0.415. The van der Waals surface area contributed by atoms with Gasteiger partial charge in [-0.15, -0.1) is 5.10 Å². The summed E-state index contributed by atoms with van der Waals surface area (Å²) < 4.78 is 5.15. The van der Waals surface area contributed by atoms with Crippen LogP contribution in [0.25, 0.3) is 0 Å². The topological polar surface area (TPSA) is 75.2 Å². The summed E-state index contributed by atoms with van der Waals surface area (Å²) in [5.74, 6) is 2.16. The second-order valence-corrected chi connectivity index (χ2v) is 6.22. The monoisotopic (exact) mass is 353 g/mol. The van der Waals surface area contributed by atoms with Crippen LogP contribution in [0.2, 0.25) is 0 Å². The third-order valence-corrected chi connectivity index (χ3v) is 4.43. The van der Waals surface area contributed by atoms with E-state index in [0.29, 0.717) is 11.1 Å². The molecule has 3 rings (SSSR count). The lowest BCUT2D eigenvalue weighted by Gasteiger charge is -2.03. The van der Waals surface area contributed by atoms with E-state index in [1.807, 2.05) is 49.4 Å². The summed E-state index contributed by atoms with van der Waals surface area (Å²) in [6, 6.07) is 18.0. The first-order chi connectivity index (χ1) is 12.2. The van der Waals surface area contributed by atoms with E-state index in [1.54, 1.807) is 18.9 Å². The first-order valence-electron chi connectivity index (χ1n) is 7.78. The Kier molecular flexibility index (Phi) is 5.69. The molecule has 3 aromatic rings. The van der Waals surface area contributed by atoms with E-state index in [4.69, 9.17) is 4.74 Å². The highest BCUT2D eigenvalue weighted by Crippen LogP contribution is 2.19. The number of benzene rings is 2. The molecule has 0 spiro atoms. The average molecular weight is 353 g/mol. The summed E-state index contributed by atoms with van der Waals surface area (Å²) in [5, 5.41) is 12.0. The molecule has 0 saturated heterocycles. The number of H-pyrrole nitrogens is 1. The zero-order valence-electron chi connectivity index (χ0n) is 14.1. The maximum atomic E-state index is 5.15. The first-order valence-corrected chi connectivity index (χ1v) is 8.77. The number of anilines is 1. The van der Waals surface area contributed by atoms with Crippen LogP contribution in [0.5, 0.6) is 5.75 Å². The number of hydrazone groups is 1. The summed E-state index contributed by atoms with van der Waals surface area (Å²) >= 11 is 1.57. The van der Waals surface area contributed by atoms with Crippen molar-refractivity contribution in [3.63, 3.8) is 0 Å². The number of hydrogen-bond acceptors (Lipinski definition) is 6. The van der Waals surface area contributed by atoms with Gasteiger partial charge in [0.1, 0.15) is 5.75 Å². The number of ether oxygens (including phenoxy) is 1. The molecular weight excluding hydrogens is 334 g/mol. The Labute approximate surface area is 150 Å². The Morgan fingerprint density at radius 1 is 1.16 bits per heavy atom. The van der Waals surface area contributed by atoms with E-state index in [0.717, 1.165) is 22.8 Å². The molecule has 6 nitrogen and oxygen atoms in total. The van der Waals surface area contributed by atoms with Crippen molar-refractivity contribution >= 4 is 23.4 Å². The highest BCUT2D eigenvalue weighted by atomic mass is 32.2. The zero-order chi connectivity index (χ0) is 17.5. The Balaban J connectivity index is 1.56. The molecule has 0 radical (unpaired) electrons. The van der Waals surface area contributed by atoms with Gasteiger partial charge in [-0.05, 0) is 42.3 Å². The molecule has 0 bridgehead atoms. The van der Waals surface area contributed by atoms with Crippen LogP contribution >= 0.6 is 11.8 Å². The molecule has 2 N–H and O–H groups in total. The Hall–Kier alpha value is -2.80. The number of nitrogens with one attached hydrogen (secondary N) is 2. The maximum absolute atomic E-state index is 5.15. The summed E-state index contributed by atoms with van der Waals surface area (Å²) in [5.41, 5.74) is 5.99. The van der Waals surface area contributed by atoms with Crippen LogP contribution in [0.4, 0.5) is 5.95 Å². The van der Waals surface area contributed by atoms with Gasteiger partial charge in [0.2, 0.25) is 11.1 Å². The molecule has 1 heterocycles. The van der Waals surface area contributed by atoms with Gasteiger partial charge in [0.15, 0.2) is 0 Å². The zero-order valence-corrected chi connectivity index (χ0v) is 14.9. The van der Waals surface area contributed by atoms with E-state index in [9.17, 15) is 0 Å². The molecule has 0 aliphatic rings. The molecule has 7 heteroatoms. The van der Waals surface area contributed by atoms with Crippen molar-refractivity contribution in [2.45, 2.75) is 17.8 Å². The van der Waals surface area contributed by atoms with Gasteiger partial charge >= 0.3 is 0 Å². The predicted molar refractivity (Wildman–Crippen MR) is 101 cm³/mol. The second kappa shape index (κ2) is 8.34. The van der Waals surface area contributed by atoms with E-state index >= 15 is 0 Å². The number of aromatic nitrogens is 3. The van der Waals surface area contributed by atoms with Crippen LogP contribution < -0.4 is 10.2 Å². The van der Waals surface area contributed by atoms with Gasteiger partial charge in [0.25, 0.3) is 0 Å². The van der Waals surface area contributed by atoms with Crippen molar-refractivity contribution in [2.24, 2.45) is 5.10 Å². The fourth-order valence-corrected chi connectivity index (χ4v) is 2.87. The summed E-state index contributed by atoms with van der Waals surface area (Å²) in [4.78, 5) is 4.38. The van der Waals surface area contributed by atoms with Gasteiger partial charge in [0, 0.05) is 5.75 Å². The standard InChI is InChI=1S/C18H19N5OS/c1-13(15-8-10-16(24-2)11-9-15)20-21-17-19-18(23-22-17)25-12-14-6-4-3-5-7-14/h3-11H,12H2,1-2H3,(H2,19,21,22,23)/b20-13+. The second-order valence-electron chi connectivity index (χ2n) is 5.28. The summed E-state index contributed by atoms with van der Waals surface area (Å²) in [6.45, 7) is 1.93. The van der Waals surface area contributed by atoms with E-state index < -0.39 is 0 Å². The number of hydrogen-bond donors (Lipinski definition) is 2. The molecule has 1 aromatic heterocycles. The van der Waals surface area contributed by atoms with Crippen LogP contribution in [0.1, 0.15) is 18.1 Å². The van der Waals surface area contributed by atoms with Crippen molar-refractivity contribution in [3.8, 4) is 5.75 Å². The van der Waals surface area contributed by atoms with Gasteiger partial charge in [-0.2, -0.15) is 10.1 Å². The van der Waals surface area contributed by atoms with Crippen molar-refractivity contribution < 1.29 is 4.74 Å². The summed E-state index contributed by atoms with van der Waals surface area (Å²) in [6.07, 6.45) is 0. The number of rotatable bonds is 7. The maximum Gasteiger partial charge on any atom is 0.240 e. The summed E-state index contributed by atoms with van der Waals surface area (Å²) in [7, 11) is 1.65. The molecule has 0 fully saturated rings. The van der Waals surface area contributed by atoms with E-state index in [1.165, 1.54) is 5.56 Å². The third kappa shape index (κ3) is 4.84. The van der Waals surface area contributed by atoms with Crippen LogP contribution in [0.15, 0.2) is 64.9 Å². The molecule has 25 heavy (non-hydrogen) atoms. The van der Waals surface area contributed by atoms with Crippen LogP contribution in [0, 0.1) is 0 Å². The van der Waals surface area contributed by atoms with Crippen LogP contribution in [-0.4, -0.2) is 28.0 Å². The molecule has 0 aliphatic carbocycles. The van der Waals surface area contributed by atoms with Crippen LogP contribution in [-0.2, 0) is 5.75 Å². The lowest BCUT2D eigenvalue weighted by atomic mass is 10.1. The Bertz CT molecular complexity index is 830. The SMILES string of the molecule is COc1ccc(/C(C)=N/Nc2nc(SCc3ccccc3)n[nH]2)cc1. The number of aromatic amines is 1. The molecule has 0 aliphatic heterocycles. The largest absolute Gasteiger partial charge is 0.497 e. The van der Waals surface area contributed by atoms with E-state index in [2.05, 4.69) is 37.8 Å². The minimum Gasteiger partial charge on any atom is -0.497 e. The minimum atomic E-state index is 0.517. The van der Waals surface area contributed by atoms with Crippen molar-refractivity contribution in [1.29, 1.82) is 0 Å².